The van der Waals surface area contributed by atoms with Gasteiger partial charge in [-0.1, -0.05) is 13.8 Å². The summed E-state index contributed by atoms with van der Waals surface area (Å²) in [6.07, 6.45) is 1.00. The van der Waals surface area contributed by atoms with E-state index in [4.69, 9.17) is 5.26 Å². The van der Waals surface area contributed by atoms with Crippen LogP contribution >= 0.6 is 11.8 Å². The van der Waals surface area contributed by atoms with E-state index in [-0.39, 0.29) is 5.54 Å². The van der Waals surface area contributed by atoms with Crippen LogP contribution in [0.3, 0.4) is 0 Å². The van der Waals surface area contributed by atoms with E-state index in [0.29, 0.717) is 5.92 Å². The van der Waals surface area contributed by atoms with Crippen molar-refractivity contribution in [1.82, 2.24) is 5.32 Å². The maximum atomic E-state index is 9.00. The van der Waals surface area contributed by atoms with Crippen molar-refractivity contribution < 1.29 is 0 Å². The fraction of sp³-hybridized carbons (Fsp3) is 0.889. The molecule has 1 aliphatic rings. The smallest absolute Gasteiger partial charge is 0.116 e. The number of nitrogens with zero attached hydrogens (tertiary/aromatic N) is 1. The van der Waals surface area contributed by atoms with E-state index in [1.54, 1.807) is 0 Å². The van der Waals surface area contributed by atoms with Crippen LogP contribution in [0.15, 0.2) is 0 Å². The molecular weight excluding hydrogens is 168 g/mol. The van der Waals surface area contributed by atoms with Crippen LogP contribution in [0.5, 0.6) is 0 Å². The summed E-state index contributed by atoms with van der Waals surface area (Å²) in [6.45, 7) is 5.29. The molecule has 0 amide bonds. The normalized spacial score (nSPS) is 29.2. The minimum absolute atomic E-state index is 0.213. The Labute approximate surface area is 78.7 Å². The van der Waals surface area contributed by atoms with E-state index in [2.05, 4.69) is 25.2 Å². The van der Waals surface area contributed by atoms with Crippen LogP contribution < -0.4 is 5.32 Å². The lowest BCUT2D eigenvalue weighted by Crippen LogP contribution is -2.45. The van der Waals surface area contributed by atoms with Gasteiger partial charge in [-0.3, -0.25) is 5.32 Å². The molecule has 1 atom stereocenters. The molecule has 0 aromatic rings. The summed E-state index contributed by atoms with van der Waals surface area (Å²) in [7, 11) is 0. The van der Waals surface area contributed by atoms with Crippen molar-refractivity contribution in [1.29, 1.82) is 5.26 Å². The SMILES string of the molecule is CC(C)CNC1(C#N)CCSC1. The molecule has 68 valence electrons. The molecule has 0 spiro atoms. The first-order chi connectivity index (χ1) is 5.68. The second-order valence-corrected chi connectivity index (χ2v) is 4.88. The zero-order valence-electron chi connectivity index (χ0n) is 7.76. The topological polar surface area (TPSA) is 35.8 Å². The highest BCUT2D eigenvalue weighted by Crippen LogP contribution is 2.27. The van der Waals surface area contributed by atoms with Gasteiger partial charge in [-0.25, -0.2) is 0 Å². The Morgan fingerprint density at radius 3 is 2.83 bits per heavy atom. The summed E-state index contributed by atoms with van der Waals surface area (Å²) in [5, 5.41) is 12.4. The van der Waals surface area contributed by atoms with Crippen LogP contribution in [0.2, 0.25) is 0 Å². The summed E-state index contributed by atoms with van der Waals surface area (Å²) in [4.78, 5) is 0. The van der Waals surface area contributed by atoms with Gasteiger partial charge in [0, 0.05) is 5.75 Å². The van der Waals surface area contributed by atoms with Gasteiger partial charge in [0.25, 0.3) is 0 Å². The summed E-state index contributed by atoms with van der Waals surface area (Å²) >= 11 is 1.87. The maximum Gasteiger partial charge on any atom is 0.116 e. The number of thioether (sulfide) groups is 1. The van der Waals surface area contributed by atoms with Crippen molar-refractivity contribution in [2.75, 3.05) is 18.1 Å². The molecule has 3 heteroatoms. The Morgan fingerprint density at radius 2 is 2.42 bits per heavy atom. The fourth-order valence-electron chi connectivity index (χ4n) is 1.23. The van der Waals surface area contributed by atoms with Crippen LogP contribution in [0.4, 0.5) is 0 Å². The lowest BCUT2D eigenvalue weighted by Gasteiger charge is -2.22. The molecule has 0 aromatic heterocycles. The second kappa shape index (κ2) is 4.15. The van der Waals surface area contributed by atoms with Crippen molar-refractivity contribution in [3.63, 3.8) is 0 Å². The molecular formula is C9H16N2S. The molecule has 2 nitrogen and oxygen atoms in total. The van der Waals surface area contributed by atoms with Gasteiger partial charge in [-0.15, -0.1) is 0 Å². The minimum Gasteiger partial charge on any atom is -0.298 e. The molecule has 1 saturated heterocycles. The highest BCUT2D eigenvalue weighted by atomic mass is 32.2. The van der Waals surface area contributed by atoms with E-state index in [9.17, 15) is 0 Å². The van der Waals surface area contributed by atoms with Crippen molar-refractivity contribution in [2.45, 2.75) is 25.8 Å². The molecule has 0 radical (unpaired) electrons. The van der Waals surface area contributed by atoms with Gasteiger partial charge in [0.15, 0.2) is 0 Å². The Hall–Kier alpha value is -0.200. The predicted molar refractivity (Wildman–Crippen MR) is 53.1 cm³/mol. The molecule has 0 aliphatic carbocycles. The van der Waals surface area contributed by atoms with E-state index in [1.807, 2.05) is 11.8 Å². The van der Waals surface area contributed by atoms with Crippen molar-refractivity contribution in [3.05, 3.63) is 0 Å². The minimum atomic E-state index is -0.213. The molecule has 1 unspecified atom stereocenters. The molecule has 1 aliphatic heterocycles. The molecule has 1 fully saturated rings. The highest BCUT2D eigenvalue weighted by molar-refractivity contribution is 7.99. The van der Waals surface area contributed by atoms with Gasteiger partial charge >= 0.3 is 0 Å². The molecule has 12 heavy (non-hydrogen) atoms. The number of hydrogen-bond donors (Lipinski definition) is 1. The second-order valence-electron chi connectivity index (χ2n) is 3.77. The molecule has 0 bridgehead atoms. The van der Waals surface area contributed by atoms with Crippen LogP contribution in [0, 0.1) is 17.2 Å². The average Bonchev–Trinajstić information content (AvgIpc) is 2.50. The van der Waals surface area contributed by atoms with Gasteiger partial charge in [0.1, 0.15) is 5.54 Å². The first kappa shape index (κ1) is 9.88. The Kier molecular flexibility index (Phi) is 3.42. The molecule has 1 rings (SSSR count). The third-order valence-corrected chi connectivity index (χ3v) is 3.27. The number of nitriles is 1. The van der Waals surface area contributed by atoms with Gasteiger partial charge in [0.05, 0.1) is 6.07 Å². The van der Waals surface area contributed by atoms with Gasteiger partial charge in [-0.05, 0) is 24.6 Å². The largest absolute Gasteiger partial charge is 0.298 e. The van der Waals surface area contributed by atoms with E-state index < -0.39 is 0 Å². The van der Waals surface area contributed by atoms with Crippen molar-refractivity contribution in [2.24, 2.45) is 5.92 Å². The van der Waals surface area contributed by atoms with Crippen LogP contribution in [-0.4, -0.2) is 23.6 Å². The Balaban J connectivity index is 2.41. The number of hydrogen-bond acceptors (Lipinski definition) is 3. The first-order valence-electron chi connectivity index (χ1n) is 4.42. The number of nitrogens with one attached hydrogen (secondary N) is 1. The Morgan fingerprint density at radius 1 is 1.67 bits per heavy atom. The summed E-state index contributed by atoms with van der Waals surface area (Å²) in [5.74, 6) is 2.70. The lowest BCUT2D eigenvalue weighted by atomic mass is 10.0. The van der Waals surface area contributed by atoms with Crippen LogP contribution in [0.25, 0.3) is 0 Å². The summed E-state index contributed by atoms with van der Waals surface area (Å²) in [6, 6.07) is 2.40. The average molecular weight is 184 g/mol. The van der Waals surface area contributed by atoms with Gasteiger partial charge in [-0.2, -0.15) is 17.0 Å². The molecule has 1 N–H and O–H groups in total. The first-order valence-corrected chi connectivity index (χ1v) is 5.58. The predicted octanol–water partition coefficient (Wildman–Crippen LogP) is 1.63. The summed E-state index contributed by atoms with van der Waals surface area (Å²) < 4.78 is 0. The van der Waals surface area contributed by atoms with E-state index >= 15 is 0 Å². The maximum absolute atomic E-state index is 9.00. The van der Waals surface area contributed by atoms with E-state index in [1.165, 1.54) is 0 Å². The third kappa shape index (κ3) is 2.40. The zero-order chi connectivity index (χ0) is 9.03. The van der Waals surface area contributed by atoms with Crippen molar-refractivity contribution in [3.8, 4) is 6.07 Å². The van der Waals surface area contributed by atoms with Crippen LogP contribution in [-0.2, 0) is 0 Å². The molecule has 1 heterocycles. The quantitative estimate of drug-likeness (QED) is 0.724. The fourth-order valence-corrected chi connectivity index (χ4v) is 2.53. The molecule has 0 aromatic carbocycles. The van der Waals surface area contributed by atoms with E-state index in [0.717, 1.165) is 24.5 Å². The highest BCUT2D eigenvalue weighted by Gasteiger charge is 2.33. The third-order valence-electron chi connectivity index (χ3n) is 2.08. The van der Waals surface area contributed by atoms with Gasteiger partial charge < -0.3 is 0 Å². The van der Waals surface area contributed by atoms with Gasteiger partial charge in [0.2, 0.25) is 0 Å². The standard InChI is InChI=1S/C9H16N2S/c1-8(2)5-11-9(6-10)3-4-12-7-9/h8,11H,3-5,7H2,1-2H3. The van der Waals surface area contributed by atoms with Crippen LogP contribution in [0.1, 0.15) is 20.3 Å². The Bertz CT molecular complexity index is 177. The summed E-state index contributed by atoms with van der Waals surface area (Å²) in [5.41, 5.74) is -0.213. The molecule has 0 saturated carbocycles. The van der Waals surface area contributed by atoms with Crippen molar-refractivity contribution >= 4 is 11.8 Å². The lowest BCUT2D eigenvalue weighted by molar-refractivity contribution is 0.419. The zero-order valence-corrected chi connectivity index (χ0v) is 8.58. The monoisotopic (exact) mass is 184 g/mol. The number of rotatable bonds is 3.